The molecule has 1 aliphatic heterocycles. The molecule has 1 amide bonds. The highest BCUT2D eigenvalue weighted by molar-refractivity contribution is 6.35. The number of anilines is 2. The molecular formula is C17H18Cl2N4O2. The molecule has 0 bridgehead atoms. The first-order valence-electron chi connectivity index (χ1n) is 8.06. The highest BCUT2D eigenvalue weighted by Gasteiger charge is 2.13. The first kappa shape index (κ1) is 17.8. The number of carbonyl (C=O) groups is 1. The Morgan fingerprint density at radius 3 is 2.56 bits per heavy atom. The molecule has 0 saturated carbocycles. The number of halogens is 2. The van der Waals surface area contributed by atoms with Crippen molar-refractivity contribution in [2.24, 2.45) is 0 Å². The number of nitrogens with zero attached hydrogens (tertiary/aromatic N) is 3. The molecule has 1 saturated heterocycles. The van der Waals surface area contributed by atoms with E-state index in [1.165, 1.54) is 6.42 Å². The van der Waals surface area contributed by atoms with E-state index in [0.29, 0.717) is 27.4 Å². The largest absolute Gasteiger partial charge is 0.482 e. The predicted octanol–water partition coefficient (Wildman–Crippen LogP) is 3.79. The fourth-order valence-electron chi connectivity index (χ4n) is 2.58. The van der Waals surface area contributed by atoms with Gasteiger partial charge in [-0.1, -0.05) is 23.2 Å². The Labute approximate surface area is 156 Å². The molecule has 25 heavy (non-hydrogen) atoms. The number of carbonyl (C=O) groups excluding carboxylic acids is 1. The monoisotopic (exact) mass is 380 g/mol. The molecule has 0 radical (unpaired) electrons. The quantitative estimate of drug-likeness (QED) is 0.854. The van der Waals surface area contributed by atoms with Gasteiger partial charge in [-0.05, 0) is 37.5 Å². The van der Waals surface area contributed by atoms with Crippen LogP contribution in [0.25, 0.3) is 0 Å². The maximum absolute atomic E-state index is 12.0. The molecule has 1 aliphatic rings. The van der Waals surface area contributed by atoms with Crippen LogP contribution in [0.2, 0.25) is 10.0 Å². The number of amides is 1. The predicted molar refractivity (Wildman–Crippen MR) is 98.7 cm³/mol. The Hall–Kier alpha value is -2.05. The standard InChI is InChI=1S/C17H18Cl2N4O2/c18-12-4-5-15(14(19)8-12)25-11-16(24)22-13-9-20-17(21-10-13)23-6-2-1-3-7-23/h4-5,8-10H,1-3,6-7,11H2,(H,22,24). The molecule has 2 heterocycles. The summed E-state index contributed by atoms with van der Waals surface area (Å²) in [5.41, 5.74) is 0.525. The topological polar surface area (TPSA) is 67.3 Å². The fraction of sp³-hybridized carbons (Fsp3) is 0.353. The summed E-state index contributed by atoms with van der Waals surface area (Å²) >= 11 is 11.8. The zero-order chi connectivity index (χ0) is 17.6. The lowest BCUT2D eigenvalue weighted by Crippen LogP contribution is -2.31. The van der Waals surface area contributed by atoms with Crippen LogP contribution in [0.5, 0.6) is 5.75 Å². The van der Waals surface area contributed by atoms with Crippen molar-refractivity contribution in [3.63, 3.8) is 0 Å². The van der Waals surface area contributed by atoms with Crippen LogP contribution >= 0.6 is 23.2 Å². The van der Waals surface area contributed by atoms with Gasteiger partial charge < -0.3 is 15.0 Å². The van der Waals surface area contributed by atoms with E-state index in [2.05, 4.69) is 20.2 Å². The van der Waals surface area contributed by atoms with E-state index in [-0.39, 0.29) is 12.5 Å². The summed E-state index contributed by atoms with van der Waals surface area (Å²) in [4.78, 5) is 22.8. The average Bonchev–Trinajstić information content (AvgIpc) is 2.62. The third-order valence-electron chi connectivity index (χ3n) is 3.81. The van der Waals surface area contributed by atoms with Crippen molar-refractivity contribution in [2.75, 3.05) is 29.9 Å². The van der Waals surface area contributed by atoms with Gasteiger partial charge in [0.05, 0.1) is 23.1 Å². The number of ether oxygens (including phenoxy) is 1. The van der Waals surface area contributed by atoms with E-state index in [1.807, 2.05) is 0 Å². The molecule has 0 atom stereocenters. The van der Waals surface area contributed by atoms with E-state index in [4.69, 9.17) is 27.9 Å². The number of benzene rings is 1. The van der Waals surface area contributed by atoms with Crippen LogP contribution in [0.15, 0.2) is 30.6 Å². The zero-order valence-electron chi connectivity index (χ0n) is 13.5. The van der Waals surface area contributed by atoms with Crippen molar-refractivity contribution in [1.29, 1.82) is 0 Å². The third-order valence-corrected chi connectivity index (χ3v) is 4.34. The molecule has 0 aliphatic carbocycles. The maximum atomic E-state index is 12.0. The van der Waals surface area contributed by atoms with Gasteiger partial charge in [0.1, 0.15) is 5.75 Å². The van der Waals surface area contributed by atoms with Crippen LogP contribution in [0.1, 0.15) is 19.3 Å². The van der Waals surface area contributed by atoms with Crippen molar-refractivity contribution < 1.29 is 9.53 Å². The van der Waals surface area contributed by atoms with Gasteiger partial charge in [0.25, 0.3) is 5.91 Å². The van der Waals surface area contributed by atoms with Crippen LogP contribution in [0, 0.1) is 0 Å². The summed E-state index contributed by atoms with van der Waals surface area (Å²) < 4.78 is 5.39. The Morgan fingerprint density at radius 2 is 1.88 bits per heavy atom. The molecular weight excluding hydrogens is 363 g/mol. The Balaban J connectivity index is 1.52. The first-order chi connectivity index (χ1) is 12.1. The second kappa shape index (κ2) is 8.36. The van der Waals surface area contributed by atoms with Gasteiger partial charge in [-0.2, -0.15) is 0 Å². The lowest BCUT2D eigenvalue weighted by Gasteiger charge is -2.26. The number of piperidine rings is 1. The summed E-state index contributed by atoms with van der Waals surface area (Å²) in [5.74, 6) is 0.778. The first-order valence-corrected chi connectivity index (χ1v) is 8.82. The van der Waals surface area contributed by atoms with E-state index in [9.17, 15) is 4.79 Å². The highest BCUT2D eigenvalue weighted by Crippen LogP contribution is 2.27. The number of rotatable bonds is 5. The molecule has 6 nitrogen and oxygen atoms in total. The number of aromatic nitrogens is 2. The Morgan fingerprint density at radius 1 is 1.16 bits per heavy atom. The van der Waals surface area contributed by atoms with Gasteiger partial charge >= 0.3 is 0 Å². The fourth-order valence-corrected chi connectivity index (χ4v) is 3.04. The number of hydrogen-bond donors (Lipinski definition) is 1. The molecule has 2 aromatic rings. The number of nitrogens with one attached hydrogen (secondary N) is 1. The maximum Gasteiger partial charge on any atom is 0.262 e. The smallest absolute Gasteiger partial charge is 0.262 e. The summed E-state index contributed by atoms with van der Waals surface area (Å²) in [6, 6.07) is 4.83. The summed E-state index contributed by atoms with van der Waals surface area (Å²) in [5, 5.41) is 3.56. The van der Waals surface area contributed by atoms with Gasteiger partial charge in [-0.15, -0.1) is 0 Å². The van der Waals surface area contributed by atoms with Crippen LogP contribution in [0.4, 0.5) is 11.6 Å². The van der Waals surface area contributed by atoms with Crippen LogP contribution in [-0.2, 0) is 4.79 Å². The SMILES string of the molecule is O=C(COc1ccc(Cl)cc1Cl)Nc1cnc(N2CCCCC2)nc1. The average molecular weight is 381 g/mol. The van der Waals surface area contributed by atoms with Crippen molar-refractivity contribution >= 4 is 40.7 Å². The minimum atomic E-state index is -0.319. The molecule has 1 aromatic heterocycles. The molecule has 3 rings (SSSR count). The molecule has 132 valence electrons. The Bertz CT molecular complexity index is 734. The third kappa shape index (κ3) is 4.96. The molecule has 0 unspecified atom stereocenters. The van der Waals surface area contributed by atoms with Crippen LogP contribution < -0.4 is 15.0 Å². The van der Waals surface area contributed by atoms with Crippen LogP contribution in [-0.4, -0.2) is 35.6 Å². The van der Waals surface area contributed by atoms with E-state index in [0.717, 1.165) is 25.9 Å². The van der Waals surface area contributed by atoms with Gasteiger partial charge in [0.2, 0.25) is 5.95 Å². The lowest BCUT2D eigenvalue weighted by molar-refractivity contribution is -0.118. The van der Waals surface area contributed by atoms with Gasteiger partial charge in [0, 0.05) is 18.1 Å². The van der Waals surface area contributed by atoms with Gasteiger partial charge in [0.15, 0.2) is 6.61 Å². The minimum Gasteiger partial charge on any atom is -0.482 e. The molecule has 1 N–H and O–H groups in total. The van der Waals surface area contributed by atoms with Crippen molar-refractivity contribution in [1.82, 2.24) is 9.97 Å². The van der Waals surface area contributed by atoms with Gasteiger partial charge in [-0.25, -0.2) is 9.97 Å². The van der Waals surface area contributed by atoms with E-state index < -0.39 is 0 Å². The number of hydrogen-bond acceptors (Lipinski definition) is 5. The Kier molecular flexibility index (Phi) is 5.94. The second-order valence-corrected chi connectivity index (χ2v) is 6.57. The van der Waals surface area contributed by atoms with Crippen LogP contribution in [0.3, 0.4) is 0 Å². The second-order valence-electron chi connectivity index (χ2n) is 5.73. The summed E-state index contributed by atoms with van der Waals surface area (Å²) in [7, 11) is 0. The minimum absolute atomic E-state index is 0.171. The molecule has 8 heteroatoms. The van der Waals surface area contributed by atoms with E-state index >= 15 is 0 Å². The highest BCUT2D eigenvalue weighted by atomic mass is 35.5. The van der Waals surface area contributed by atoms with E-state index in [1.54, 1.807) is 30.6 Å². The van der Waals surface area contributed by atoms with Crippen molar-refractivity contribution in [3.8, 4) is 5.75 Å². The summed E-state index contributed by atoms with van der Waals surface area (Å²) in [6.07, 6.45) is 6.77. The van der Waals surface area contributed by atoms with Crippen molar-refractivity contribution in [3.05, 3.63) is 40.6 Å². The van der Waals surface area contributed by atoms with Crippen molar-refractivity contribution in [2.45, 2.75) is 19.3 Å². The van der Waals surface area contributed by atoms with Gasteiger partial charge in [-0.3, -0.25) is 4.79 Å². The molecule has 1 aromatic carbocycles. The molecule has 1 fully saturated rings. The zero-order valence-corrected chi connectivity index (χ0v) is 15.1. The normalized spacial score (nSPS) is 14.2. The molecule has 0 spiro atoms. The summed E-state index contributed by atoms with van der Waals surface area (Å²) in [6.45, 7) is 1.78. The lowest BCUT2D eigenvalue weighted by atomic mass is 10.1.